The monoisotopic (exact) mass is 511 g/mol. The summed E-state index contributed by atoms with van der Waals surface area (Å²) in [5, 5.41) is 19.9. The third kappa shape index (κ3) is 4.59. The zero-order chi connectivity index (χ0) is 24.8. The number of nitrogens with zero attached hydrogens (tertiary/aromatic N) is 5. The van der Waals surface area contributed by atoms with Crippen LogP contribution in [-0.4, -0.2) is 49.2 Å². The molecule has 0 saturated carbocycles. The Labute approximate surface area is 223 Å². The minimum Gasteiger partial charge on any atom is -0.507 e. The van der Waals surface area contributed by atoms with E-state index in [1.165, 1.54) is 0 Å². The lowest BCUT2D eigenvalue weighted by Crippen LogP contribution is -2.44. The number of halogens is 1. The molecule has 4 heterocycles. The van der Waals surface area contributed by atoms with Crippen LogP contribution in [0.5, 0.6) is 5.75 Å². The molecule has 0 amide bonds. The number of aromatic hydroxyl groups is 1. The Morgan fingerprint density at radius 1 is 0.865 bits per heavy atom. The molecule has 37 heavy (non-hydrogen) atoms. The zero-order valence-corrected chi connectivity index (χ0v) is 22.0. The Kier molecular flexibility index (Phi) is 6.71. The minimum atomic E-state index is 0. The summed E-state index contributed by atoms with van der Waals surface area (Å²) in [7, 11) is 0. The molecule has 0 bridgehead atoms. The van der Waals surface area contributed by atoms with E-state index in [2.05, 4.69) is 80.9 Å². The van der Waals surface area contributed by atoms with Gasteiger partial charge in [0.15, 0.2) is 0 Å². The average Bonchev–Trinajstić information content (AvgIpc) is 3.25. The molecule has 0 atom stereocenters. The van der Waals surface area contributed by atoms with Crippen molar-refractivity contribution in [1.29, 1.82) is 0 Å². The Hall–Kier alpha value is -3.74. The smallest absolute Gasteiger partial charge is 0.139 e. The lowest BCUT2D eigenvalue weighted by molar-refractivity contribution is 0.154. The van der Waals surface area contributed by atoms with Crippen LogP contribution in [0.1, 0.15) is 29.8 Å². The van der Waals surface area contributed by atoms with E-state index in [-0.39, 0.29) is 18.2 Å². The van der Waals surface area contributed by atoms with E-state index < -0.39 is 0 Å². The van der Waals surface area contributed by atoms with Gasteiger partial charge in [0.1, 0.15) is 11.4 Å². The number of pyridine rings is 1. The third-order valence-electron chi connectivity index (χ3n) is 7.19. The molecular weight excluding hydrogens is 482 g/mol. The third-order valence-corrected chi connectivity index (χ3v) is 7.19. The number of benzene rings is 2. The Bertz CT molecular complexity index is 1570. The molecule has 6 rings (SSSR count). The van der Waals surface area contributed by atoms with Crippen LogP contribution >= 0.6 is 12.4 Å². The van der Waals surface area contributed by atoms with Crippen molar-refractivity contribution in [3.63, 3.8) is 0 Å². The molecule has 0 unspecified atom stereocenters. The van der Waals surface area contributed by atoms with Gasteiger partial charge < -0.3 is 14.4 Å². The summed E-state index contributed by atoms with van der Waals surface area (Å²) in [6.07, 6.45) is 4.15. The van der Waals surface area contributed by atoms with E-state index in [0.717, 1.165) is 75.7 Å². The summed E-state index contributed by atoms with van der Waals surface area (Å²) in [4.78, 5) is 7.03. The van der Waals surface area contributed by atoms with Gasteiger partial charge in [0, 0.05) is 42.5 Å². The minimum absolute atomic E-state index is 0. The van der Waals surface area contributed by atoms with Crippen molar-refractivity contribution in [3.8, 4) is 39.3 Å². The highest BCUT2D eigenvalue weighted by molar-refractivity contribution is 5.88. The summed E-state index contributed by atoms with van der Waals surface area (Å²) in [6, 6.07) is 20.1. The maximum atomic E-state index is 10.7. The van der Waals surface area contributed by atoms with Gasteiger partial charge in [0.2, 0.25) is 0 Å². The van der Waals surface area contributed by atoms with Gasteiger partial charge in [-0.25, -0.2) is 4.98 Å². The van der Waals surface area contributed by atoms with Crippen molar-refractivity contribution in [1.82, 2.24) is 24.5 Å². The first kappa shape index (κ1) is 24.9. The SMILES string of the molecule is CCN1CC(c2ccc(-c3ccc(-c4cc(C)c5nc(C)cn5c4)cc3-c3ccccc3O)nn2)C1.Cl. The number of hydrogen-bond acceptors (Lipinski definition) is 5. The molecule has 1 aliphatic heterocycles. The first-order valence-electron chi connectivity index (χ1n) is 12.4. The Morgan fingerprint density at radius 2 is 1.68 bits per heavy atom. The van der Waals surface area contributed by atoms with Gasteiger partial charge in [-0.1, -0.05) is 37.3 Å². The van der Waals surface area contributed by atoms with Gasteiger partial charge in [0.05, 0.1) is 17.1 Å². The molecule has 1 saturated heterocycles. The number of hydrogen-bond donors (Lipinski definition) is 1. The second-order valence-electron chi connectivity index (χ2n) is 9.70. The largest absolute Gasteiger partial charge is 0.507 e. The van der Waals surface area contributed by atoms with E-state index in [9.17, 15) is 5.11 Å². The molecule has 6 nitrogen and oxygen atoms in total. The van der Waals surface area contributed by atoms with Crippen LogP contribution in [0.2, 0.25) is 0 Å². The fourth-order valence-electron chi connectivity index (χ4n) is 5.14. The highest BCUT2D eigenvalue weighted by Crippen LogP contribution is 2.39. The second-order valence-corrected chi connectivity index (χ2v) is 9.70. The fourth-order valence-corrected chi connectivity index (χ4v) is 5.14. The van der Waals surface area contributed by atoms with Crippen molar-refractivity contribution in [2.24, 2.45) is 0 Å². The van der Waals surface area contributed by atoms with Crippen molar-refractivity contribution in [2.45, 2.75) is 26.7 Å². The molecule has 1 aliphatic rings. The first-order chi connectivity index (χ1) is 17.5. The van der Waals surface area contributed by atoms with Crippen molar-refractivity contribution >= 4 is 18.1 Å². The number of phenols is 1. The van der Waals surface area contributed by atoms with Gasteiger partial charge in [-0.2, -0.15) is 10.2 Å². The Balaban J connectivity index is 0.00000280. The Morgan fingerprint density at radius 3 is 2.41 bits per heavy atom. The van der Waals surface area contributed by atoms with Crippen LogP contribution in [0.3, 0.4) is 0 Å². The molecule has 7 heteroatoms. The maximum absolute atomic E-state index is 10.7. The van der Waals surface area contributed by atoms with Gasteiger partial charge in [-0.3, -0.25) is 0 Å². The number of para-hydroxylation sites is 1. The van der Waals surface area contributed by atoms with E-state index in [0.29, 0.717) is 5.92 Å². The molecular formula is C30H30ClN5O. The maximum Gasteiger partial charge on any atom is 0.139 e. The molecule has 0 aliphatic carbocycles. The van der Waals surface area contributed by atoms with E-state index in [1.807, 2.05) is 31.3 Å². The topological polar surface area (TPSA) is 66.6 Å². The second kappa shape index (κ2) is 9.96. The summed E-state index contributed by atoms with van der Waals surface area (Å²) in [5.74, 6) is 0.697. The number of aryl methyl sites for hydroxylation is 2. The molecule has 0 radical (unpaired) electrons. The lowest BCUT2D eigenvalue weighted by atomic mass is 9.92. The number of rotatable bonds is 5. The molecule has 0 spiro atoms. The highest BCUT2D eigenvalue weighted by atomic mass is 35.5. The molecule has 1 N–H and O–H groups in total. The molecule has 188 valence electrons. The van der Waals surface area contributed by atoms with Crippen LogP contribution in [0.25, 0.3) is 39.2 Å². The van der Waals surface area contributed by atoms with E-state index in [4.69, 9.17) is 0 Å². The number of aromatic nitrogens is 4. The number of likely N-dealkylation sites (tertiary alicyclic amines) is 1. The number of likely N-dealkylation sites (N-methyl/N-ethyl adjacent to an activating group) is 1. The predicted molar refractivity (Wildman–Crippen MR) is 150 cm³/mol. The van der Waals surface area contributed by atoms with Crippen LogP contribution in [0.4, 0.5) is 0 Å². The van der Waals surface area contributed by atoms with E-state index >= 15 is 0 Å². The van der Waals surface area contributed by atoms with Gasteiger partial charge in [-0.15, -0.1) is 12.4 Å². The fraction of sp³-hybridized carbons (Fsp3) is 0.233. The van der Waals surface area contributed by atoms with Crippen LogP contribution in [-0.2, 0) is 0 Å². The standard InChI is InChI=1S/C30H29N5O.ClH/c1-4-34-16-23(17-34)27-11-12-28(33-32-27)24-10-9-21(14-26(24)25-7-5-6-8-29(25)36)22-13-19(2)30-31-20(3)15-35(30)18-22;/h5-15,18,23,36H,4,16-17H2,1-3H3;1H. The van der Waals surface area contributed by atoms with Crippen molar-refractivity contribution in [2.75, 3.05) is 19.6 Å². The van der Waals surface area contributed by atoms with Gasteiger partial charge in [0.25, 0.3) is 0 Å². The van der Waals surface area contributed by atoms with Gasteiger partial charge >= 0.3 is 0 Å². The molecule has 2 aromatic carbocycles. The normalized spacial score (nSPS) is 13.9. The first-order valence-corrected chi connectivity index (χ1v) is 12.4. The zero-order valence-electron chi connectivity index (χ0n) is 21.2. The molecule has 3 aromatic heterocycles. The molecule has 1 fully saturated rings. The summed E-state index contributed by atoms with van der Waals surface area (Å²) in [5.41, 5.74) is 9.72. The number of phenolic OH excluding ortho intramolecular Hbond substituents is 1. The number of imidazole rings is 1. The molecule has 5 aromatic rings. The van der Waals surface area contributed by atoms with Crippen molar-refractivity contribution < 1.29 is 5.11 Å². The lowest BCUT2D eigenvalue weighted by Gasteiger charge is -2.37. The van der Waals surface area contributed by atoms with E-state index in [1.54, 1.807) is 6.07 Å². The summed E-state index contributed by atoms with van der Waals surface area (Å²) >= 11 is 0. The van der Waals surface area contributed by atoms with Gasteiger partial charge in [-0.05, 0) is 73.0 Å². The van der Waals surface area contributed by atoms with Crippen molar-refractivity contribution in [3.05, 3.63) is 90.0 Å². The van der Waals surface area contributed by atoms with Crippen LogP contribution < -0.4 is 0 Å². The van der Waals surface area contributed by atoms with Crippen LogP contribution in [0.15, 0.2) is 73.1 Å². The summed E-state index contributed by atoms with van der Waals surface area (Å²) < 4.78 is 2.08. The summed E-state index contributed by atoms with van der Waals surface area (Å²) in [6.45, 7) is 9.44. The predicted octanol–water partition coefficient (Wildman–Crippen LogP) is 6.29. The number of fused-ring (bicyclic) bond motifs is 1. The average molecular weight is 512 g/mol. The van der Waals surface area contributed by atoms with Crippen LogP contribution in [0, 0.1) is 13.8 Å². The quantitative estimate of drug-likeness (QED) is 0.300. The highest BCUT2D eigenvalue weighted by Gasteiger charge is 2.28.